The van der Waals surface area contributed by atoms with Gasteiger partial charge in [-0.05, 0) is 27.7 Å². The quantitative estimate of drug-likeness (QED) is 0.676. The Morgan fingerprint density at radius 1 is 1.24 bits per heavy atom. The average molecular weight is 261 g/mol. The third-order valence-corrected chi connectivity index (χ3v) is 4.67. The van der Waals surface area contributed by atoms with Crippen LogP contribution in [0.1, 0.15) is 27.7 Å². The fourth-order valence-electron chi connectivity index (χ4n) is 2.18. The van der Waals surface area contributed by atoms with Crippen molar-refractivity contribution in [2.75, 3.05) is 37.9 Å². The van der Waals surface area contributed by atoms with Gasteiger partial charge in [0.05, 0.1) is 19.8 Å². The van der Waals surface area contributed by atoms with Gasteiger partial charge in [-0.1, -0.05) is 0 Å². The Balaban J connectivity index is 2.18. The third-order valence-electron chi connectivity index (χ3n) is 3.38. The van der Waals surface area contributed by atoms with Gasteiger partial charge in [-0.3, -0.25) is 4.90 Å². The van der Waals surface area contributed by atoms with Crippen LogP contribution >= 0.6 is 11.8 Å². The molecular formula is C13H27NO2S. The van der Waals surface area contributed by atoms with Crippen LogP contribution in [0.4, 0.5) is 0 Å². The molecule has 0 atom stereocenters. The minimum Gasteiger partial charge on any atom is -0.396 e. The fourth-order valence-corrected chi connectivity index (χ4v) is 3.36. The lowest BCUT2D eigenvalue weighted by Crippen LogP contribution is -2.48. The van der Waals surface area contributed by atoms with Crippen molar-refractivity contribution >= 4 is 11.8 Å². The third kappa shape index (κ3) is 4.43. The number of nitrogens with zero attached hydrogens (tertiary/aromatic N) is 1. The van der Waals surface area contributed by atoms with Crippen LogP contribution in [0, 0.1) is 5.41 Å². The Labute approximate surface area is 110 Å². The van der Waals surface area contributed by atoms with Crippen LogP contribution in [0.2, 0.25) is 0 Å². The SMILES string of the molecule is CC(C)N(CCSCC1(CO)COC1)C(C)C. The lowest BCUT2D eigenvalue weighted by Gasteiger charge is -2.39. The summed E-state index contributed by atoms with van der Waals surface area (Å²) in [4.78, 5) is 2.51. The Morgan fingerprint density at radius 2 is 1.82 bits per heavy atom. The number of ether oxygens (including phenoxy) is 1. The van der Waals surface area contributed by atoms with E-state index in [1.54, 1.807) is 0 Å². The number of thioether (sulfide) groups is 1. The van der Waals surface area contributed by atoms with Gasteiger partial charge in [0, 0.05) is 35.5 Å². The zero-order valence-electron chi connectivity index (χ0n) is 11.6. The van der Waals surface area contributed by atoms with Crippen molar-refractivity contribution in [1.29, 1.82) is 0 Å². The highest BCUT2D eigenvalue weighted by Crippen LogP contribution is 2.30. The van der Waals surface area contributed by atoms with Crippen molar-refractivity contribution in [2.45, 2.75) is 39.8 Å². The molecule has 4 heteroatoms. The summed E-state index contributed by atoms with van der Waals surface area (Å²) < 4.78 is 5.20. The van der Waals surface area contributed by atoms with Gasteiger partial charge in [0.15, 0.2) is 0 Å². The topological polar surface area (TPSA) is 32.7 Å². The molecule has 0 saturated carbocycles. The normalized spacial score (nSPS) is 19.1. The van der Waals surface area contributed by atoms with Gasteiger partial charge < -0.3 is 9.84 Å². The summed E-state index contributed by atoms with van der Waals surface area (Å²) in [6.07, 6.45) is 0. The zero-order valence-corrected chi connectivity index (χ0v) is 12.4. The first-order valence-electron chi connectivity index (χ1n) is 6.53. The van der Waals surface area contributed by atoms with Crippen molar-refractivity contribution in [3.63, 3.8) is 0 Å². The number of rotatable bonds is 8. The Morgan fingerprint density at radius 3 is 2.18 bits per heavy atom. The second kappa shape index (κ2) is 6.98. The molecule has 3 nitrogen and oxygen atoms in total. The van der Waals surface area contributed by atoms with E-state index < -0.39 is 0 Å². The van der Waals surface area contributed by atoms with Crippen LogP contribution in [0.15, 0.2) is 0 Å². The standard InChI is InChI=1S/C13H27NO2S/c1-11(2)14(12(3)4)5-6-17-10-13(7-15)8-16-9-13/h11-12,15H,5-10H2,1-4H3. The van der Waals surface area contributed by atoms with E-state index in [1.807, 2.05) is 11.8 Å². The maximum absolute atomic E-state index is 9.32. The van der Waals surface area contributed by atoms with Gasteiger partial charge in [-0.25, -0.2) is 0 Å². The largest absolute Gasteiger partial charge is 0.396 e. The van der Waals surface area contributed by atoms with Gasteiger partial charge in [-0.2, -0.15) is 11.8 Å². The molecule has 0 amide bonds. The molecule has 1 aliphatic heterocycles. The highest BCUT2D eigenvalue weighted by molar-refractivity contribution is 7.99. The molecule has 0 radical (unpaired) electrons. The second-order valence-electron chi connectivity index (χ2n) is 5.63. The van der Waals surface area contributed by atoms with Crippen LogP contribution in [0.3, 0.4) is 0 Å². The molecule has 0 aromatic rings. The van der Waals surface area contributed by atoms with Crippen LogP contribution in [0.25, 0.3) is 0 Å². The van der Waals surface area contributed by atoms with E-state index in [4.69, 9.17) is 4.74 Å². The summed E-state index contributed by atoms with van der Waals surface area (Å²) >= 11 is 1.94. The Hall–Kier alpha value is 0.230. The molecule has 0 aromatic heterocycles. The molecule has 102 valence electrons. The lowest BCUT2D eigenvalue weighted by molar-refractivity contribution is -0.121. The van der Waals surface area contributed by atoms with E-state index in [2.05, 4.69) is 32.6 Å². The van der Waals surface area contributed by atoms with E-state index in [0.717, 1.165) is 31.3 Å². The van der Waals surface area contributed by atoms with E-state index >= 15 is 0 Å². The van der Waals surface area contributed by atoms with Crippen molar-refractivity contribution in [3.8, 4) is 0 Å². The lowest BCUT2D eigenvalue weighted by atomic mass is 9.90. The molecule has 0 aliphatic carbocycles. The zero-order chi connectivity index (χ0) is 12.9. The molecule has 0 spiro atoms. The van der Waals surface area contributed by atoms with Gasteiger partial charge in [0.2, 0.25) is 0 Å². The summed E-state index contributed by atoms with van der Waals surface area (Å²) in [5.74, 6) is 2.16. The maximum atomic E-state index is 9.32. The van der Waals surface area contributed by atoms with Crippen LogP contribution in [-0.2, 0) is 4.74 Å². The van der Waals surface area contributed by atoms with Crippen LogP contribution in [-0.4, -0.2) is 60.0 Å². The molecular weight excluding hydrogens is 234 g/mol. The smallest absolute Gasteiger partial charge is 0.0575 e. The summed E-state index contributed by atoms with van der Waals surface area (Å²) in [6.45, 7) is 11.8. The molecule has 1 saturated heterocycles. The van der Waals surface area contributed by atoms with Gasteiger partial charge in [0.1, 0.15) is 0 Å². The molecule has 0 bridgehead atoms. The predicted octanol–water partition coefficient (Wildman–Crippen LogP) is 1.85. The maximum Gasteiger partial charge on any atom is 0.0575 e. The Kier molecular flexibility index (Phi) is 6.27. The first-order valence-corrected chi connectivity index (χ1v) is 7.68. The van der Waals surface area contributed by atoms with Gasteiger partial charge in [-0.15, -0.1) is 0 Å². The van der Waals surface area contributed by atoms with Gasteiger partial charge in [0.25, 0.3) is 0 Å². The van der Waals surface area contributed by atoms with E-state index in [1.165, 1.54) is 0 Å². The number of hydrogen-bond donors (Lipinski definition) is 1. The molecule has 17 heavy (non-hydrogen) atoms. The summed E-state index contributed by atoms with van der Waals surface area (Å²) in [5.41, 5.74) is 0.0607. The van der Waals surface area contributed by atoms with Crippen molar-refractivity contribution in [3.05, 3.63) is 0 Å². The highest BCUT2D eigenvalue weighted by atomic mass is 32.2. The molecule has 1 fully saturated rings. The van der Waals surface area contributed by atoms with E-state index in [-0.39, 0.29) is 12.0 Å². The van der Waals surface area contributed by atoms with Crippen LogP contribution < -0.4 is 0 Å². The molecule has 1 heterocycles. The molecule has 0 aromatic carbocycles. The van der Waals surface area contributed by atoms with E-state index in [0.29, 0.717) is 12.1 Å². The summed E-state index contributed by atoms with van der Waals surface area (Å²) in [6, 6.07) is 1.21. The fraction of sp³-hybridized carbons (Fsp3) is 1.00. The van der Waals surface area contributed by atoms with Gasteiger partial charge >= 0.3 is 0 Å². The van der Waals surface area contributed by atoms with E-state index in [9.17, 15) is 5.11 Å². The Bertz CT molecular complexity index is 204. The minimum atomic E-state index is 0.0607. The monoisotopic (exact) mass is 261 g/mol. The number of aliphatic hydroxyl groups excluding tert-OH is 1. The van der Waals surface area contributed by atoms with Crippen LogP contribution in [0.5, 0.6) is 0 Å². The first-order chi connectivity index (χ1) is 8.01. The number of hydrogen-bond acceptors (Lipinski definition) is 4. The predicted molar refractivity (Wildman–Crippen MR) is 74.6 cm³/mol. The first kappa shape index (κ1) is 15.3. The molecule has 1 aliphatic rings. The minimum absolute atomic E-state index is 0.0607. The van der Waals surface area contributed by atoms with Crippen molar-refractivity contribution in [2.24, 2.45) is 5.41 Å². The van der Waals surface area contributed by atoms with Crippen molar-refractivity contribution < 1.29 is 9.84 Å². The molecule has 1 rings (SSSR count). The summed E-state index contributed by atoms with van der Waals surface area (Å²) in [5, 5.41) is 9.32. The highest BCUT2D eigenvalue weighted by Gasteiger charge is 2.37. The average Bonchev–Trinajstić information content (AvgIpc) is 2.20. The molecule has 0 unspecified atom stereocenters. The second-order valence-corrected chi connectivity index (χ2v) is 6.73. The number of aliphatic hydroxyl groups is 1. The molecule has 1 N–H and O–H groups in total. The van der Waals surface area contributed by atoms with Crippen molar-refractivity contribution in [1.82, 2.24) is 4.90 Å². The summed E-state index contributed by atoms with van der Waals surface area (Å²) in [7, 11) is 0.